The van der Waals surface area contributed by atoms with E-state index < -0.39 is 0 Å². The van der Waals surface area contributed by atoms with Crippen LogP contribution in [-0.2, 0) is 0 Å². The van der Waals surface area contributed by atoms with Crippen LogP contribution in [-0.4, -0.2) is 26.2 Å². The summed E-state index contributed by atoms with van der Waals surface area (Å²) in [6.45, 7) is 6.36. The van der Waals surface area contributed by atoms with Crippen LogP contribution in [0.5, 0.6) is 5.75 Å². The molecule has 0 bridgehead atoms. The fourth-order valence-corrected chi connectivity index (χ4v) is 2.36. The third-order valence-corrected chi connectivity index (χ3v) is 3.44. The van der Waals surface area contributed by atoms with Crippen molar-refractivity contribution in [2.75, 3.05) is 25.5 Å². The van der Waals surface area contributed by atoms with Crippen molar-refractivity contribution in [2.24, 2.45) is 0 Å². The van der Waals surface area contributed by atoms with E-state index in [0.29, 0.717) is 6.04 Å². The Morgan fingerprint density at radius 1 is 1.35 bits per heavy atom. The van der Waals surface area contributed by atoms with Gasteiger partial charge in [0.1, 0.15) is 5.75 Å². The number of hydrogen-bond donors (Lipinski definition) is 2. The van der Waals surface area contributed by atoms with Gasteiger partial charge in [-0.25, -0.2) is 0 Å². The molecule has 2 N–H and O–H groups in total. The largest absolute Gasteiger partial charge is 0.496 e. The smallest absolute Gasteiger partial charge is 0.122 e. The molecule has 1 aromatic rings. The number of rotatable bonds is 4. The molecule has 0 amide bonds. The van der Waals surface area contributed by atoms with Crippen molar-refractivity contribution < 1.29 is 4.74 Å². The van der Waals surface area contributed by atoms with Crippen molar-refractivity contribution in [3.8, 4) is 5.75 Å². The van der Waals surface area contributed by atoms with Gasteiger partial charge in [-0.15, -0.1) is 0 Å². The van der Waals surface area contributed by atoms with E-state index in [9.17, 15) is 0 Å². The highest BCUT2D eigenvalue weighted by Crippen LogP contribution is 2.26. The summed E-state index contributed by atoms with van der Waals surface area (Å²) in [7, 11) is 1.72. The molecule has 0 aliphatic carbocycles. The molecule has 1 unspecified atom stereocenters. The minimum absolute atomic E-state index is 0.622. The molecule has 1 saturated heterocycles. The molecule has 1 fully saturated rings. The monoisotopic (exact) mass is 234 g/mol. The highest BCUT2D eigenvalue weighted by molar-refractivity contribution is 5.57. The molecule has 17 heavy (non-hydrogen) atoms. The lowest BCUT2D eigenvalue weighted by Crippen LogP contribution is -2.29. The van der Waals surface area contributed by atoms with Crippen LogP contribution >= 0.6 is 0 Å². The first-order valence-corrected chi connectivity index (χ1v) is 6.33. The Morgan fingerprint density at radius 2 is 2.18 bits per heavy atom. The number of hydrogen-bond acceptors (Lipinski definition) is 3. The normalized spacial score (nSPS) is 19.4. The Bertz CT molecular complexity index is 384. The Labute approximate surface area is 104 Å². The zero-order chi connectivity index (χ0) is 12.3. The van der Waals surface area contributed by atoms with Crippen molar-refractivity contribution in [2.45, 2.75) is 32.7 Å². The van der Waals surface area contributed by atoms with Crippen molar-refractivity contribution in [1.29, 1.82) is 0 Å². The SMILES string of the molecule is COc1cc(C)c(NCC2CCCN2)cc1C. The predicted molar refractivity (Wildman–Crippen MR) is 72.0 cm³/mol. The van der Waals surface area contributed by atoms with E-state index in [0.717, 1.165) is 18.8 Å². The average Bonchev–Trinajstić information content (AvgIpc) is 2.82. The molecule has 1 aliphatic heterocycles. The summed E-state index contributed by atoms with van der Waals surface area (Å²) in [5.74, 6) is 0.965. The molecule has 1 heterocycles. The zero-order valence-electron chi connectivity index (χ0n) is 11.0. The van der Waals surface area contributed by atoms with Gasteiger partial charge in [0.2, 0.25) is 0 Å². The molecule has 0 spiro atoms. The minimum atomic E-state index is 0.622. The van der Waals surface area contributed by atoms with Gasteiger partial charge in [0.15, 0.2) is 0 Å². The maximum Gasteiger partial charge on any atom is 0.122 e. The quantitative estimate of drug-likeness (QED) is 0.839. The molecule has 3 nitrogen and oxygen atoms in total. The Hall–Kier alpha value is -1.22. The van der Waals surface area contributed by atoms with Crippen LogP contribution in [0.3, 0.4) is 0 Å². The number of benzene rings is 1. The second-order valence-corrected chi connectivity index (χ2v) is 4.81. The third-order valence-electron chi connectivity index (χ3n) is 3.44. The van der Waals surface area contributed by atoms with Crippen LogP contribution < -0.4 is 15.4 Å². The first kappa shape index (κ1) is 12.2. The minimum Gasteiger partial charge on any atom is -0.496 e. The highest BCUT2D eigenvalue weighted by atomic mass is 16.5. The van der Waals surface area contributed by atoms with Gasteiger partial charge in [0, 0.05) is 18.3 Å². The van der Waals surface area contributed by atoms with Crippen LogP contribution in [0.25, 0.3) is 0 Å². The molecule has 0 aromatic heterocycles. The number of nitrogens with one attached hydrogen (secondary N) is 2. The summed E-state index contributed by atoms with van der Waals surface area (Å²) in [5, 5.41) is 7.03. The fourth-order valence-electron chi connectivity index (χ4n) is 2.36. The number of methoxy groups -OCH3 is 1. The molecule has 1 aromatic carbocycles. The van der Waals surface area contributed by atoms with Gasteiger partial charge in [-0.05, 0) is 56.5 Å². The predicted octanol–water partition coefficient (Wildman–Crippen LogP) is 2.48. The summed E-state index contributed by atoms with van der Waals surface area (Å²) in [5.41, 5.74) is 3.64. The Morgan fingerprint density at radius 3 is 2.82 bits per heavy atom. The molecule has 2 rings (SSSR count). The maximum atomic E-state index is 5.32. The third kappa shape index (κ3) is 2.91. The maximum absolute atomic E-state index is 5.32. The lowest BCUT2D eigenvalue weighted by atomic mass is 10.1. The van der Waals surface area contributed by atoms with Crippen molar-refractivity contribution >= 4 is 5.69 Å². The van der Waals surface area contributed by atoms with E-state index >= 15 is 0 Å². The second kappa shape index (κ2) is 5.41. The standard InChI is InChI=1S/C14H22N2O/c1-10-8-14(17-3)11(2)7-13(10)16-9-12-5-4-6-15-12/h7-8,12,15-16H,4-6,9H2,1-3H3. The lowest BCUT2D eigenvalue weighted by molar-refractivity contribution is 0.411. The van der Waals surface area contributed by atoms with Crippen molar-refractivity contribution in [1.82, 2.24) is 5.32 Å². The lowest BCUT2D eigenvalue weighted by Gasteiger charge is -2.16. The molecular weight excluding hydrogens is 212 g/mol. The van der Waals surface area contributed by atoms with Crippen molar-refractivity contribution in [3.63, 3.8) is 0 Å². The summed E-state index contributed by atoms with van der Waals surface area (Å²) in [6, 6.07) is 4.89. The van der Waals surface area contributed by atoms with E-state index in [1.165, 1.54) is 29.7 Å². The molecule has 94 valence electrons. The van der Waals surface area contributed by atoms with E-state index in [2.05, 4.69) is 36.6 Å². The van der Waals surface area contributed by atoms with Gasteiger partial charge in [-0.3, -0.25) is 0 Å². The first-order chi connectivity index (χ1) is 8.20. The second-order valence-electron chi connectivity index (χ2n) is 4.81. The topological polar surface area (TPSA) is 33.3 Å². The highest BCUT2D eigenvalue weighted by Gasteiger charge is 2.14. The van der Waals surface area contributed by atoms with Crippen LogP contribution in [0.2, 0.25) is 0 Å². The van der Waals surface area contributed by atoms with Gasteiger partial charge in [-0.2, -0.15) is 0 Å². The van der Waals surface area contributed by atoms with Gasteiger partial charge in [0.05, 0.1) is 7.11 Å². The van der Waals surface area contributed by atoms with Gasteiger partial charge in [0.25, 0.3) is 0 Å². The Kier molecular flexibility index (Phi) is 3.89. The van der Waals surface area contributed by atoms with Gasteiger partial charge < -0.3 is 15.4 Å². The molecule has 1 aliphatic rings. The average molecular weight is 234 g/mol. The van der Waals surface area contributed by atoms with Crippen LogP contribution in [0.4, 0.5) is 5.69 Å². The fraction of sp³-hybridized carbons (Fsp3) is 0.571. The summed E-state index contributed by atoms with van der Waals surface area (Å²) in [4.78, 5) is 0. The molecule has 1 atom stereocenters. The van der Waals surface area contributed by atoms with Crippen LogP contribution in [0.1, 0.15) is 24.0 Å². The number of ether oxygens (including phenoxy) is 1. The zero-order valence-corrected chi connectivity index (χ0v) is 11.0. The van der Waals surface area contributed by atoms with E-state index in [-0.39, 0.29) is 0 Å². The van der Waals surface area contributed by atoms with E-state index in [4.69, 9.17) is 4.74 Å². The van der Waals surface area contributed by atoms with E-state index in [1.54, 1.807) is 7.11 Å². The summed E-state index contributed by atoms with van der Waals surface area (Å²) in [6.07, 6.45) is 2.58. The molecule has 0 radical (unpaired) electrons. The number of aryl methyl sites for hydroxylation is 2. The molecule has 3 heteroatoms. The van der Waals surface area contributed by atoms with Crippen LogP contribution in [0.15, 0.2) is 12.1 Å². The summed E-state index contributed by atoms with van der Waals surface area (Å²) >= 11 is 0. The molecular formula is C14H22N2O. The van der Waals surface area contributed by atoms with E-state index in [1.807, 2.05) is 0 Å². The first-order valence-electron chi connectivity index (χ1n) is 6.33. The van der Waals surface area contributed by atoms with Gasteiger partial charge >= 0.3 is 0 Å². The molecule has 0 saturated carbocycles. The number of anilines is 1. The Balaban J connectivity index is 2.02. The summed E-state index contributed by atoms with van der Waals surface area (Å²) < 4.78 is 5.32. The van der Waals surface area contributed by atoms with Gasteiger partial charge in [-0.1, -0.05) is 0 Å². The van der Waals surface area contributed by atoms with Crippen molar-refractivity contribution in [3.05, 3.63) is 23.3 Å². The van der Waals surface area contributed by atoms with Crippen LogP contribution in [0, 0.1) is 13.8 Å².